The fourth-order valence-electron chi connectivity index (χ4n) is 3.47. The minimum Gasteiger partial charge on any atom is -0.396 e. The predicted octanol–water partition coefficient (Wildman–Crippen LogP) is 0.259. The van der Waals surface area contributed by atoms with Crippen molar-refractivity contribution in [2.75, 3.05) is 44.3 Å². The van der Waals surface area contributed by atoms with Crippen LogP contribution in [-0.4, -0.2) is 64.6 Å². The van der Waals surface area contributed by atoms with Crippen LogP contribution in [0.2, 0.25) is 0 Å². The molecule has 162 valence electrons. The maximum atomic E-state index is 12.2. The quantitative estimate of drug-likeness (QED) is 0.221. The number of amides is 1. The molecule has 10 nitrogen and oxygen atoms in total. The van der Waals surface area contributed by atoms with Crippen LogP contribution in [0.4, 0.5) is 11.6 Å². The summed E-state index contributed by atoms with van der Waals surface area (Å²) in [4.78, 5) is 26.8. The van der Waals surface area contributed by atoms with Crippen LogP contribution in [0, 0.1) is 12.8 Å². The van der Waals surface area contributed by atoms with Gasteiger partial charge in [0.25, 0.3) is 5.91 Å². The van der Waals surface area contributed by atoms with E-state index in [0.717, 1.165) is 44.8 Å². The van der Waals surface area contributed by atoms with Gasteiger partial charge >= 0.3 is 0 Å². The highest BCUT2D eigenvalue weighted by Crippen LogP contribution is 2.22. The molecule has 10 heteroatoms. The van der Waals surface area contributed by atoms with Crippen molar-refractivity contribution in [1.82, 2.24) is 20.2 Å². The molecular weight excluding hydrogens is 372 g/mol. The number of carbonyl (C=O) groups excluding carboxylic acids is 1. The largest absolute Gasteiger partial charge is 0.396 e. The molecule has 1 aromatic heterocycles. The molecule has 1 saturated heterocycles. The molecule has 8 N–H and O–H groups in total. The number of nitrogens with two attached hydrogens (primary N) is 3. The number of unbranched alkanes of at least 4 members (excludes halogenated alkanes) is 1. The minimum absolute atomic E-state index is 0.0137. The lowest BCUT2D eigenvalue weighted by atomic mass is 9.91. The molecule has 1 aromatic rings. The highest BCUT2D eigenvalue weighted by Gasteiger charge is 2.18. The molecule has 0 spiro atoms. The number of aryl methyl sites for hydroxylation is 1. The normalized spacial score (nSPS) is 16.1. The number of aliphatic hydroxyl groups is 1. The highest BCUT2D eigenvalue weighted by molar-refractivity contribution is 6.06. The van der Waals surface area contributed by atoms with E-state index in [4.69, 9.17) is 22.3 Å². The molecule has 0 aromatic carbocycles. The van der Waals surface area contributed by atoms with Crippen molar-refractivity contribution in [2.45, 2.75) is 45.4 Å². The third kappa shape index (κ3) is 7.47. The van der Waals surface area contributed by atoms with Gasteiger partial charge < -0.3 is 27.2 Å². The van der Waals surface area contributed by atoms with Gasteiger partial charge in [0.05, 0.1) is 5.69 Å². The summed E-state index contributed by atoms with van der Waals surface area (Å²) >= 11 is 0. The van der Waals surface area contributed by atoms with Crippen LogP contribution in [0.5, 0.6) is 0 Å². The van der Waals surface area contributed by atoms with E-state index in [1.54, 1.807) is 6.92 Å². The smallest absolute Gasteiger partial charge is 0.280 e. The van der Waals surface area contributed by atoms with E-state index in [-0.39, 0.29) is 29.9 Å². The summed E-state index contributed by atoms with van der Waals surface area (Å²) in [6.45, 7) is 5.72. The average molecular weight is 407 g/mol. The van der Waals surface area contributed by atoms with Gasteiger partial charge in [0, 0.05) is 19.7 Å². The van der Waals surface area contributed by atoms with E-state index < -0.39 is 5.91 Å². The number of nitrogens with zero attached hydrogens (tertiary/aromatic N) is 4. The lowest BCUT2D eigenvalue weighted by Crippen LogP contribution is -2.38. The van der Waals surface area contributed by atoms with Gasteiger partial charge in [0.15, 0.2) is 17.5 Å². The molecule has 1 fully saturated rings. The van der Waals surface area contributed by atoms with Crippen LogP contribution in [0.3, 0.4) is 0 Å². The summed E-state index contributed by atoms with van der Waals surface area (Å²) < 4.78 is 0. The van der Waals surface area contributed by atoms with Crippen molar-refractivity contribution in [2.24, 2.45) is 16.6 Å². The molecule has 2 heterocycles. The molecule has 0 saturated carbocycles. The second-order valence-corrected chi connectivity index (χ2v) is 7.51. The SMILES string of the molecule is Cc1nc(C(=O)NC(N)=NCCCCC2CCN(CCCO)CC2)c(N)nc1N. The first-order valence-electron chi connectivity index (χ1n) is 10.2. The zero-order chi connectivity index (χ0) is 21.2. The molecule has 2 rings (SSSR count). The Hall–Kier alpha value is -2.46. The number of hydrogen-bond donors (Lipinski definition) is 5. The van der Waals surface area contributed by atoms with Crippen LogP contribution in [-0.2, 0) is 0 Å². The number of piperidine rings is 1. The fourth-order valence-corrected chi connectivity index (χ4v) is 3.47. The zero-order valence-electron chi connectivity index (χ0n) is 17.2. The molecule has 0 aliphatic carbocycles. The van der Waals surface area contributed by atoms with Gasteiger partial charge in [-0.05, 0) is 51.6 Å². The Morgan fingerprint density at radius 3 is 2.62 bits per heavy atom. The number of aliphatic imine (C=N–C) groups is 1. The molecule has 1 aliphatic heterocycles. The first-order valence-corrected chi connectivity index (χ1v) is 10.2. The summed E-state index contributed by atoms with van der Waals surface area (Å²) in [7, 11) is 0. The van der Waals surface area contributed by atoms with E-state index in [2.05, 4.69) is 25.2 Å². The molecule has 29 heavy (non-hydrogen) atoms. The summed E-state index contributed by atoms with van der Waals surface area (Å²) in [5, 5.41) is 11.4. The van der Waals surface area contributed by atoms with Crippen molar-refractivity contribution in [3.8, 4) is 0 Å². The summed E-state index contributed by atoms with van der Waals surface area (Å²) in [5.41, 5.74) is 17.5. The van der Waals surface area contributed by atoms with Crippen molar-refractivity contribution < 1.29 is 9.90 Å². The third-order valence-electron chi connectivity index (χ3n) is 5.23. The summed E-state index contributed by atoms with van der Waals surface area (Å²) in [6, 6.07) is 0. The molecule has 1 amide bonds. The third-order valence-corrected chi connectivity index (χ3v) is 5.23. The number of aliphatic hydroxyl groups excluding tert-OH is 1. The zero-order valence-corrected chi connectivity index (χ0v) is 17.2. The van der Waals surface area contributed by atoms with Crippen LogP contribution < -0.4 is 22.5 Å². The first-order chi connectivity index (χ1) is 13.9. The van der Waals surface area contributed by atoms with Gasteiger partial charge in [0.1, 0.15) is 5.82 Å². The van der Waals surface area contributed by atoms with Crippen LogP contribution >= 0.6 is 0 Å². The van der Waals surface area contributed by atoms with Crippen molar-refractivity contribution in [3.63, 3.8) is 0 Å². The predicted molar refractivity (Wildman–Crippen MR) is 114 cm³/mol. The molecule has 0 atom stereocenters. The van der Waals surface area contributed by atoms with Crippen LogP contribution in [0.15, 0.2) is 4.99 Å². The summed E-state index contributed by atoms with van der Waals surface area (Å²) in [6.07, 6.45) is 6.49. The summed E-state index contributed by atoms with van der Waals surface area (Å²) in [5.74, 6) is 0.407. The molecule has 0 unspecified atom stereocenters. The number of aromatic nitrogens is 2. The first kappa shape index (κ1) is 22.8. The Bertz CT molecular complexity index is 702. The van der Waals surface area contributed by atoms with Crippen molar-refractivity contribution in [1.29, 1.82) is 0 Å². The topological polar surface area (TPSA) is 169 Å². The number of nitrogens with one attached hydrogen (secondary N) is 1. The number of carbonyl (C=O) groups is 1. The van der Waals surface area contributed by atoms with Gasteiger partial charge in [-0.2, -0.15) is 0 Å². The van der Waals surface area contributed by atoms with Gasteiger partial charge in [-0.3, -0.25) is 15.1 Å². The van der Waals surface area contributed by atoms with Crippen LogP contribution in [0.1, 0.15) is 54.7 Å². The number of hydrogen-bond acceptors (Lipinski definition) is 8. The van der Waals surface area contributed by atoms with E-state index in [0.29, 0.717) is 12.2 Å². The standard InChI is InChI=1S/C19H34N8O2/c1-13-16(20)25-17(21)15(24-13)18(29)26-19(22)23-8-3-2-5-14-6-10-27(11-7-14)9-4-12-28/h14,28H,2-12H2,1H3,(H4,20,21,25)(H3,22,23,26,29). The highest BCUT2D eigenvalue weighted by atomic mass is 16.3. The Balaban J connectivity index is 1.65. The molecular formula is C19H34N8O2. The van der Waals surface area contributed by atoms with Crippen LogP contribution in [0.25, 0.3) is 0 Å². The maximum absolute atomic E-state index is 12.2. The maximum Gasteiger partial charge on any atom is 0.280 e. The molecule has 0 radical (unpaired) electrons. The second kappa shape index (κ2) is 11.5. The Morgan fingerprint density at radius 2 is 1.93 bits per heavy atom. The average Bonchev–Trinajstić information content (AvgIpc) is 2.69. The van der Waals surface area contributed by atoms with E-state index in [9.17, 15) is 4.79 Å². The van der Waals surface area contributed by atoms with E-state index in [1.165, 1.54) is 19.3 Å². The molecule has 1 aliphatic rings. The van der Waals surface area contributed by atoms with Crippen molar-refractivity contribution in [3.05, 3.63) is 11.4 Å². The van der Waals surface area contributed by atoms with E-state index in [1.807, 2.05) is 0 Å². The lowest BCUT2D eigenvalue weighted by Gasteiger charge is -2.31. The van der Waals surface area contributed by atoms with Crippen molar-refractivity contribution >= 4 is 23.5 Å². The molecule has 0 bridgehead atoms. The second-order valence-electron chi connectivity index (χ2n) is 7.51. The van der Waals surface area contributed by atoms with Gasteiger partial charge in [-0.1, -0.05) is 12.8 Å². The Morgan fingerprint density at radius 1 is 1.21 bits per heavy atom. The van der Waals surface area contributed by atoms with Gasteiger partial charge in [-0.25, -0.2) is 9.97 Å². The number of guanidine groups is 1. The number of rotatable bonds is 9. The monoisotopic (exact) mass is 406 g/mol. The van der Waals surface area contributed by atoms with E-state index >= 15 is 0 Å². The lowest BCUT2D eigenvalue weighted by molar-refractivity contribution is 0.0972. The van der Waals surface area contributed by atoms with Gasteiger partial charge in [0.2, 0.25) is 0 Å². The number of likely N-dealkylation sites (tertiary alicyclic amines) is 1. The Labute approximate surface area is 172 Å². The number of nitrogen functional groups attached to an aromatic ring is 2. The number of anilines is 2. The van der Waals surface area contributed by atoms with Gasteiger partial charge in [-0.15, -0.1) is 0 Å². The fraction of sp³-hybridized carbons (Fsp3) is 0.684. The minimum atomic E-state index is -0.549. The Kier molecular flexibility index (Phi) is 9.07.